The van der Waals surface area contributed by atoms with E-state index in [2.05, 4.69) is 129 Å². The lowest BCUT2D eigenvalue weighted by atomic mass is 9.74. The highest BCUT2D eigenvalue weighted by Crippen LogP contribution is 2.58. The Morgan fingerprint density at radius 2 is 1.02 bits per heavy atom. The van der Waals surface area contributed by atoms with Gasteiger partial charge in [-0.1, -0.05) is 172 Å². The minimum atomic E-state index is -1.43. The average Bonchev–Trinajstić information content (AvgIpc) is 3.75. The fourth-order valence-corrected chi connectivity index (χ4v) is 8.66. The van der Waals surface area contributed by atoms with Gasteiger partial charge < -0.3 is 0 Å². The van der Waals surface area contributed by atoms with Gasteiger partial charge in [-0.15, -0.1) is 0 Å². The molecule has 0 aromatic heterocycles. The molecule has 256 valence electrons. The number of aliphatic imine (C=N–C) groups is 3. The lowest BCUT2D eigenvalue weighted by Gasteiger charge is -2.49. The summed E-state index contributed by atoms with van der Waals surface area (Å²) in [5.74, 6) is -1.43. The maximum absolute atomic E-state index is 7.25. The molecule has 0 spiro atoms. The van der Waals surface area contributed by atoms with Crippen LogP contribution < -0.4 is 0 Å². The van der Waals surface area contributed by atoms with Crippen LogP contribution in [0.5, 0.6) is 0 Å². The maximum Gasteiger partial charge on any atom is 0.239 e. The van der Waals surface area contributed by atoms with E-state index in [-0.39, 0.29) is 0 Å². The lowest BCUT2D eigenvalue weighted by molar-refractivity contribution is 0.0132. The third-order valence-electron chi connectivity index (χ3n) is 9.38. The largest absolute Gasteiger partial charge is 0.262 e. The van der Waals surface area contributed by atoms with E-state index in [1.165, 1.54) is 0 Å². The van der Waals surface area contributed by atoms with Gasteiger partial charge in [0.25, 0.3) is 0 Å². The molecule has 2 unspecified atom stereocenters. The summed E-state index contributed by atoms with van der Waals surface area (Å²) in [6.07, 6.45) is 1.17. The molecule has 0 saturated heterocycles. The molecule has 0 fully saturated rings. The van der Waals surface area contributed by atoms with Gasteiger partial charge >= 0.3 is 0 Å². The van der Waals surface area contributed by atoms with Crippen LogP contribution in [0.2, 0.25) is 10.0 Å². The summed E-state index contributed by atoms with van der Waals surface area (Å²) in [7, 11) is 0. The Bertz CT molecular complexity index is 2330. The molecule has 6 aromatic carbocycles. The molecule has 4 nitrogen and oxygen atoms in total. The molecule has 0 N–H and O–H groups in total. The van der Waals surface area contributed by atoms with Gasteiger partial charge in [-0.25, -0.2) is 14.9 Å². The number of hydrogen-bond acceptors (Lipinski definition) is 4. The monoisotopic (exact) mass is 972 g/mol. The molecule has 2 aliphatic heterocycles. The molecule has 2 aliphatic rings. The third-order valence-corrected chi connectivity index (χ3v) is 12.2. The predicted octanol–water partition coefficient (Wildman–Crippen LogP) is 13.2. The van der Waals surface area contributed by atoms with Gasteiger partial charge in [-0.2, -0.15) is 0 Å². The first-order valence-corrected chi connectivity index (χ1v) is 20.2. The van der Waals surface area contributed by atoms with Crippen molar-refractivity contribution >= 4 is 105 Å². The number of nitrogens with zero attached hydrogens (tertiary/aromatic N) is 4. The van der Waals surface area contributed by atoms with Gasteiger partial charge in [-0.3, -0.25) is 4.99 Å². The molecule has 0 bridgehead atoms. The predicted molar refractivity (Wildman–Crippen MR) is 228 cm³/mol. The molecule has 0 amide bonds. The van der Waals surface area contributed by atoms with Crippen molar-refractivity contribution in [3.05, 3.63) is 207 Å². The summed E-state index contributed by atoms with van der Waals surface area (Å²) in [4.78, 5) is 19.1. The molecule has 2 atom stereocenters. The smallest absolute Gasteiger partial charge is 0.239 e. The molecule has 0 saturated carbocycles. The van der Waals surface area contributed by atoms with Crippen LogP contribution in [-0.4, -0.2) is 22.5 Å². The zero-order valence-electron chi connectivity index (χ0n) is 27.1. The molecule has 8 rings (SSSR count). The van der Waals surface area contributed by atoms with Crippen molar-refractivity contribution in [2.24, 2.45) is 15.0 Å². The van der Waals surface area contributed by atoms with Crippen molar-refractivity contribution in [2.75, 3.05) is 0 Å². The molecular formula is C42H26Br4Cl2N4. The highest BCUT2D eigenvalue weighted by atomic mass is 79.9. The van der Waals surface area contributed by atoms with E-state index >= 15 is 0 Å². The summed E-state index contributed by atoms with van der Waals surface area (Å²) in [5.41, 5.74) is 5.71. The Morgan fingerprint density at radius 1 is 0.538 bits per heavy atom. The van der Waals surface area contributed by atoms with Gasteiger partial charge in [0, 0.05) is 44.6 Å². The molecule has 0 aliphatic carbocycles. The van der Waals surface area contributed by atoms with Crippen LogP contribution in [0.15, 0.2) is 178 Å². The first-order valence-electron chi connectivity index (χ1n) is 16.3. The fraction of sp³-hybridized carbons (Fsp3) is 0.0714. The normalized spacial score (nSPS) is 19.5. The van der Waals surface area contributed by atoms with Crippen LogP contribution in [0, 0.1) is 0 Å². The quantitative estimate of drug-likeness (QED) is 0.157. The second-order valence-electron chi connectivity index (χ2n) is 12.4. The molecule has 6 aromatic rings. The Kier molecular flexibility index (Phi) is 10.0. The van der Waals surface area contributed by atoms with Gasteiger partial charge in [0.1, 0.15) is 11.7 Å². The SMILES string of the molecule is Clc1ccccc1C1N=C(c2ccc(Br)cc2)C(c2ccc(Br)cc2)(c2ccc(Br)cc2)N1C1(c2ccccc2Cl)N=CC(c2ccc(Br)cc2)=N1. The van der Waals surface area contributed by atoms with Crippen molar-refractivity contribution in [1.82, 2.24) is 4.90 Å². The Balaban J connectivity index is 1.55. The number of benzene rings is 6. The van der Waals surface area contributed by atoms with E-state index in [0.717, 1.165) is 51.4 Å². The minimum absolute atomic E-state index is 0.524. The van der Waals surface area contributed by atoms with Crippen LogP contribution in [0.4, 0.5) is 0 Å². The van der Waals surface area contributed by atoms with E-state index in [1.54, 1.807) is 0 Å². The Labute approximate surface area is 345 Å². The second-order valence-corrected chi connectivity index (χ2v) is 16.8. The maximum atomic E-state index is 7.25. The fourth-order valence-electron chi connectivity index (χ4n) is 7.11. The van der Waals surface area contributed by atoms with Crippen LogP contribution >= 0.6 is 86.9 Å². The van der Waals surface area contributed by atoms with E-state index in [1.807, 2.05) is 91.1 Å². The number of hydrogen-bond donors (Lipinski definition) is 0. The number of rotatable bonds is 7. The van der Waals surface area contributed by atoms with Gasteiger partial charge in [0.05, 0.1) is 17.6 Å². The summed E-state index contributed by atoms with van der Waals surface area (Å²) < 4.78 is 3.84. The van der Waals surface area contributed by atoms with Crippen LogP contribution in [0.3, 0.4) is 0 Å². The topological polar surface area (TPSA) is 40.3 Å². The third kappa shape index (κ3) is 6.20. The zero-order valence-corrected chi connectivity index (χ0v) is 34.9. The van der Waals surface area contributed by atoms with Crippen molar-refractivity contribution in [1.29, 1.82) is 0 Å². The minimum Gasteiger partial charge on any atom is -0.262 e. The van der Waals surface area contributed by atoms with E-state index in [4.69, 9.17) is 38.2 Å². The van der Waals surface area contributed by atoms with Crippen LogP contribution in [0.25, 0.3) is 0 Å². The van der Waals surface area contributed by atoms with E-state index in [9.17, 15) is 0 Å². The molecule has 10 heteroatoms. The van der Waals surface area contributed by atoms with Gasteiger partial charge in [0.15, 0.2) is 0 Å². The van der Waals surface area contributed by atoms with Gasteiger partial charge in [0.2, 0.25) is 5.79 Å². The summed E-state index contributed by atoms with van der Waals surface area (Å²) >= 11 is 29.1. The average molecular weight is 977 g/mol. The summed E-state index contributed by atoms with van der Waals surface area (Å²) in [6.45, 7) is 0. The highest BCUT2D eigenvalue weighted by Gasteiger charge is 2.62. The Morgan fingerprint density at radius 3 is 1.56 bits per heavy atom. The van der Waals surface area contributed by atoms with Gasteiger partial charge in [-0.05, 0) is 77.4 Å². The standard InChI is InChI=1S/C42H26Br4Cl2N4/c43-30-17-9-26(10-18-30)38-25-49-42(51-38,35-6-2-4-8-37(35)48)52-40(34-5-1-3-7-36(34)47)50-39(27-11-19-31(44)20-12-27)41(52,28-13-21-32(45)22-14-28)29-15-23-33(46)24-16-29/h1-25,40H. The van der Waals surface area contributed by atoms with E-state index in [0.29, 0.717) is 21.3 Å². The lowest BCUT2D eigenvalue weighted by Crippen LogP contribution is -2.57. The van der Waals surface area contributed by atoms with Crippen molar-refractivity contribution < 1.29 is 0 Å². The molecule has 52 heavy (non-hydrogen) atoms. The van der Waals surface area contributed by atoms with Crippen molar-refractivity contribution in [2.45, 2.75) is 17.5 Å². The first-order chi connectivity index (χ1) is 25.2. The molecular weight excluding hydrogens is 951 g/mol. The number of halogens is 6. The highest BCUT2D eigenvalue weighted by molar-refractivity contribution is 9.11. The first kappa shape index (κ1) is 35.8. The molecule has 2 heterocycles. The Hall–Kier alpha value is -3.21. The summed E-state index contributed by atoms with van der Waals surface area (Å²) in [5, 5.41) is 1.10. The zero-order chi connectivity index (χ0) is 36.0. The van der Waals surface area contributed by atoms with Crippen LogP contribution in [0.1, 0.15) is 39.5 Å². The van der Waals surface area contributed by atoms with Crippen LogP contribution in [-0.2, 0) is 11.3 Å². The molecule has 0 radical (unpaired) electrons. The second kappa shape index (κ2) is 14.6. The van der Waals surface area contributed by atoms with E-state index < -0.39 is 17.5 Å². The summed E-state index contributed by atoms with van der Waals surface area (Å²) in [6, 6.07) is 48.8. The van der Waals surface area contributed by atoms with Crippen molar-refractivity contribution in [3.8, 4) is 0 Å². The van der Waals surface area contributed by atoms with Crippen molar-refractivity contribution in [3.63, 3.8) is 0 Å².